The van der Waals surface area contributed by atoms with E-state index in [1.807, 2.05) is 0 Å². The number of nitrogens with zero attached hydrogens (tertiary/aromatic N) is 1. The van der Waals surface area contributed by atoms with Crippen LogP contribution < -0.4 is 16.2 Å². The molecule has 27 heavy (non-hydrogen) atoms. The number of aromatic nitrogens is 2. The molecule has 0 unspecified atom stereocenters. The minimum absolute atomic E-state index is 0.00464. The summed E-state index contributed by atoms with van der Waals surface area (Å²) in [7, 11) is 0. The Morgan fingerprint density at radius 1 is 1.11 bits per heavy atom. The van der Waals surface area contributed by atoms with Crippen molar-refractivity contribution in [3.05, 3.63) is 46.6 Å². The maximum absolute atomic E-state index is 13.9. The fourth-order valence-electron chi connectivity index (χ4n) is 4.66. The van der Waals surface area contributed by atoms with Gasteiger partial charge in [0, 0.05) is 34.1 Å². The van der Waals surface area contributed by atoms with Crippen LogP contribution in [-0.4, -0.2) is 27.1 Å². The average Bonchev–Trinajstić information content (AvgIpc) is 2.51. The van der Waals surface area contributed by atoms with Crippen LogP contribution in [0.4, 0.5) is 10.2 Å². The van der Waals surface area contributed by atoms with Crippen molar-refractivity contribution in [1.29, 1.82) is 0 Å². The number of hydrogen-bond acceptors (Lipinski definition) is 4. The predicted octanol–water partition coefficient (Wildman–Crippen LogP) is 3.94. The Hall–Kier alpha value is -2.47. The Kier molecular flexibility index (Phi) is 4.00. The third-order valence-electron chi connectivity index (χ3n) is 5.21. The Morgan fingerprint density at radius 2 is 1.81 bits per heavy atom. The smallest absolute Gasteiger partial charge is 0.258 e. The highest BCUT2D eigenvalue weighted by atomic mass is 19.1. The lowest BCUT2D eigenvalue weighted by Gasteiger charge is -2.46. The zero-order valence-corrected chi connectivity index (χ0v) is 16.1. The standard InChI is InChI=1S/C21H25FN4O/c1-20(2)10-13(11-21(3,4)26-20)24-18-14-6-5-12(22)9-15(14)17-16(25-18)7-8-23-19(17)27/h5-9,13,26H,10-11H2,1-4H3,(H,23,27)(H,24,25). The van der Waals surface area contributed by atoms with Gasteiger partial charge >= 0.3 is 0 Å². The van der Waals surface area contributed by atoms with Gasteiger partial charge in [0.05, 0.1) is 10.9 Å². The summed E-state index contributed by atoms with van der Waals surface area (Å²) in [6.45, 7) is 8.79. The third kappa shape index (κ3) is 3.41. The SMILES string of the molecule is CC1(C)CC(Nc2nc3cc[nH]c(=O)c3c3cc(F)ccc23)CC(C)(C)N1. The van der Waals surface area contributed by atoms with E-state index in [0.29, 0.717) is 22.1 Å². The molecule has 1 aliphatic heterocycles. The van der Waals surface area contributed by atoms with E-state index < -0.39 is 0 Å². The van der Waals surface area contributed by atoms with Crippen molar-refractivity contribution in [2.45, 2.75) is 57.7 Å². The van der Waals surface area contributed by atoms with Crippen LogP contribution in [0.15, 0.2) is 35.3 Å². The highest BCUT2D eigenvalue weighted by Crippen LogP contribution is 2.33. The molecule has 2 aromatic heterocycles. The molecule has 0 saturated carbocycles. The molecule has 0 amide bonds. The molecule has 6 heteroatoms. The van der Waals surface area contributed by atoms with Gasteiger partial charge in [-0.05, 0) is 64.8 Å². The van der Waals surface area contributed by atoms with Gasteiger partial charge in [0.25, 0.3) is 5.56 Å². The van der Waals surface area contributed by atoms with Crippen LogP contribution in [0.2, 0.25) is 0 Å². The molecular weight excluding hydrogens is 343 g/mol. The van der Waals surface area contributed by atoms with E-state index in [1.54, 1.807) is 18.3 Å². The van der Waals surface area contributed by atoms with Crippen LogP contribution in [-0.2, 0) is 0 Å². The molecule has 3 aromatic rings. The van der Waals surface area contributed by atoms with Crippen LogP contribution in [0.3, 0.4) is 0 Å². The first-order valence-electron chi connectivity index (χ1n) is 9.30. The third-order valence-corrected chi connectivity index (χ3v) is 5.21. The van der Waals surface area contributed by atoms with E-state index >= 15 is 0 Å². The predicted molar refractivity (Wildman–Crippen MR) is 108 cm³/mol. The molecule has 142 valence electrons. The van der Waals surface area contributed by atoms with Crippen LogP contribution in [0.5, 0.6) is 0 Å². The lowest BCUT2D eigenvalue weighted by molar-refractivity contribution is 0.170. The Morgan fingerprint density at radius 3 is 2.52 bits per heavy atom. The number of nitrogens with one attached hydrogen (secondary N) is 3. The highest BCUT2D eigenvalue weighted by molar-refractivity contribution is 6.09. The summed E-state index contributed by atoms with van der Waals surface area (Å²) >= 11 is 0. The number of aromatic amines is 1. The minimum atomic E-state index is -0.367. The zero-order chi connectivity index (χ0) is 19.4. The lowest BCUT2D eigenvalue weighted by atomic mass is 9.79. The number of hydrogen-bond donors (Lipinski definition) is 3. The number of fused-ring (bicyclic) bond motifs is 3. The molecule has 0 radical (unpaired) electrons. The number of halogens is 1. The molecule has 0 bridgehead atoms. The second-order valence-electron chi connectivity index (χ2n) is 8.86. The summed E-state index contributed by atoms with van der Waals surface area (Å²) in [5.74, 6) is 0.329. The fourth-order valence-corrected chi connectivity index (χ4v) is 4.66. The fraction of sp³-hybridized carbons (Fsp3) is 0.429. The van der Waals surface area contributed by atoms with E-state index in [-0.39, 0.29) is 28.5 Å². The number of benzene rings is 1. The van der Waals surface area contributed by atoms with E-state index in [0.717, 1.165) is 18.2 Å². The first-order valence-corrected chi connectivity index (χ1v) is 9.30. The molecule has 1 aliphatic rings. The van der Waals surface area contributed by atoms with Gasteiger partial charge in [-0.2, -0.15) is 0 Å². The molecule has 1 aromatic carbocycles. The van der Waals surface area contributed by atoms with Crippen LogP contribution in [0, 0.1) is 5.82 Å². The molecule has 1 fully saturated rings. The summed E-state index contributed by atoms with van der Waals surface area (Å²) in [4.78, 5) is 19.7. The molecule has 0 spiro atoms. The van der Waals surface area contributed by atoms with Gasteiger partial charge in [0.15, 0.2) is 0 Å². The second-order valence-corrected chi connectivity index (χ2v) is 8.86. The van der Waals surface area contributed by atoms with Gasteiger partial charge in [-0.25, -0.2) is 9.37 Å². The van der Waals surface area contributed by atoms with Crippen molar-refractivity contribution in [3.8, 4) is 0 Å². The molecule has 3 N–H and O–H groups in total. The van der Waals surface area contributed by atoms with Crippen molar-refractivity contribution in [2.75, 3.05) is 5.32 Å². The zero-order valence-electron chi connectivity index (χ0n) is 16.1. The number of H-pyrrole nitrogens is 1. The minimum Gasteiger partial charge on any atom is -0.367 e. The molecule has 5 nitrogen and oxygen atoms in total. The quantitative estimate of drug-likeness (QED) is 0.599. The largest absolute Gasteiger partial charge is 0.367 e. The first-order chi connectivity index (χ1) is 12.6. The van der Waals surface area contributed by atoms with Crippen molar-refractivity contribution < 1.29 is 4.39 Å². The van der Waals surface area contributed by atoms with E-state index in [9.17, 15) is 9.18 Å². The van der Waals surface area contributed by atoms with Crippen molar-refractivity contribution in [2.24, 2.45) is 0 Å². The van der Waals surface area contributed by atoms with Gasteiger partial charge in [-0.15, -0.1) is 0 Å². The number of pyridine rings is 2. The van der Waals surface area contributed by atoms with E-state index in [1.165, 1.54) is 12.1 Å². The summed E-state index contributed by atoms with van der Waals surface area (Å²) in [6, 6.07) is 6.49. The average molecular weight is 368 g/mol. The first kappa shape index (κ1) is 17.9. The molecule has 1 saturated heterocycles. The molecule has 0 aliphatic carbocycles. The Balaban J connectivity index is 1.85. The number of anilines is 1. The lowest BCUT2D eigenvalue weighted by Crippen LogP contribution is -2.60. The van der Waals surface area contributed by atoms with Gasteiger partial charge in [0.1, 0.15) is 11.6 Å². The maximum atomic E-state index is 13.9. The van der Waals surface area contributed by atoms with Crippen LogP contribution in [0.25, 0.3) is 21.7 Å². The Bertz CT molecular complexity index is 1070. The molecule has 0 atom stereocenters. The normalized spacial score (nSPS) is 19.4. The summed E-state index contributed by atoms with van der Waals surface area (Å²) in [5, 5.41) is 9.01. The number of rotatable bonds is 2. The summed E-state index contributed by atoms with van der Waals surface area (Å²) in [6.07, 6.45) is 3.45. The van der Waals surface area contributed by atoms with Crippen LogP contribution >= 0.6 is 0 Å². The van der Waals surface area contributed by atoms with Gasteiger partial charge in [0.2, 0.25) is 0 Å². The second kappa shape index (κ2) is 6.02. The molecule has 4 rings (SSSR count). The summed E-state index contributed by atoms with van der Waals surface area (Å²) in [5.41, 5.74) is 0.295. The van der Waals surface area contributed by atoms with Gasteiger partial charge in [-0.1, -0.05) is 0 Å². The van der Waals surface area contributed by atoms with E-state index in [2.05, 4.69) is 43.3 Å². The highest BCUT2D eigenvalue weighted by Gasteiger charge is 2.37. The number of piperidine rings is 1. The maximum Gasteiger partial charge on any atom is 0.258 e. The Labute approximate surface area is 157 Å². The van der Waals surface area contributed by atoms with Gasteiger partial charge < -0.3 is 15.6 Å². The van der Waals surface area contributed by atoms with Crippen molar-refractivity contribution >= 4 is 27.5 Å². The van der Waals surface area contributed by atoms with Crippen molar-refractivity contribution in [3.63, 3.8) is 0 Å². The monoisotopic (exact) mass is 368 g/mol. The van der Waals surface area contributed by atoms with Gasteiger partial charge in [-0.3, -0.25) is 4.79 Å². The molecular formula is C21H25FN4O. The van der Waals surface area contributed by atoms with E-state index in [4.69, 9.17) is 4.98 Å². The van der Waals surface area contributed by atoms with Crippen molar-refractivity contribution in [1.82, 2.24) is 15.3 Å². The summed E-state index contributed by atoms with van der Waals surface area (Å²) < 4.78 is 13.9. The van der Waals surface area contributed by atoms with Crippen LogP contribution in [0.1, 0.15) is 40.5 Å². The molecule has 3 heterocycles. The topological polar surface area (TPSA) is 69.8 Å².